The van der Waals surface area contributed by atoms with E-state index in [1.807, 2.05) is 28.9 Å². The molecule has 2 aliphatic heterocycles. The fraction of sp³-hybridized carbons (Fsp3) is 0.636. The van der Waals surface area contributed by atoms with Crippen LogP contribution in [-0.2, 0) is 9.59 Å². The van der Waals surface area contributed by atoms with Crippen LogP contribution in [0, 0.1) is 12.8 Å². The first-order valence-corrected chi connectivity index (χ1v) is 10.3. The van der Waals surface area contributed by atoms with E-state index in [0.717, 1.165) is 50.1 Å². The standard InChI is InChI=1S/C22H32N2O3/c1-16(2)19-7-6-17(3)20(14-19)27-15-21(25)23-12-8-18(9-13-23)22(26)24-10-4-5-11-24/h6-7,14,16,18H,4-5,8-13,15H2,1-3H3. The molecule has 3 rings (SSSR count). The van der Waals surface area contributed by atoms with Gasteiger partial charge in [-0.2, -0.15) is 0 Å². The number of hydrogen-bond donors (Lipinski definition) is 0. The van der Waals surface area contributed by atoms with Crippen LogP contribution in [0.1, 0.15) is 56.6 Å². The molecular formula is C22H32N2O3. The van der Waals surface area contributed by atoms with Crippen molar-refractivity contribution in [2.75, 3.05) is 32.8 Å². The molecule has 148 valence electrons. The molecule has 1 aromatic carbocycles. The zero-order chi connectivity index (χ0) is 19.4. The lowest BCUT2D eigenvalue weighted by molar-refractivity contribution is -0.140. The van der Waals surface area contributed by atoms with Gasteiger partial charge in [0.05, 0.1) is 0 Å². The summed E-state index contributed by atoms with van der Waals surface area (Å²) in [6, 6.07) is 6.19. The molecule has 1 aromatic rings. The van der Waals surface area contributed by atoms with Crippen LogP contribution in [0.5, 0.6) is 5.75 Å². The second kappa shape index (κ2) is 8.77. The Hall–Kier alpha value is -2.04. The third-order valence-electron chi connectivity index (χ3n) is 5.84. The number of amides is 2. The SMILES string of the molecule is Cc1ccc(C(C)C)cc1OCC(=O)N1CCC(C(=O)N2CCCC2)CC1. The number of rotatable bonds is 5. The Morgan fingerprint density at radius 1 is 1.07 bits per heavy atom. The average Bonchev–Trinajstić information content (AvgIpc) is 3.21. The molecular weight excluding hydrogens is 340 g/mol. The van der Waals surface area contributed by atoms with Crippen molar-refractivity contribution in [2.45, 2.75) is 52.4 Å². The van der Waals surface area contributed by atoms with E-state index in [4.69, 9.17) is 4.74 Å². The molecule has 0 aliphatic carbocycles. The minimum absolute atomic E-state index is 0.0106. The average molecular weight is 373 g/mol. The highest BCUT2D eigenvalue weighted by molar-refractivity contribution is 5.81. The molecule has 0 N–H and O–H groups in total. The van der Waals surface area contributed by atoms with E-state index in [2.05, 4.69) is 19.9 Å². The Kier molecular flexibility index (Phi) is 6.40. The summed E-state index contributed by atoms with van der Waals surface area (Å²) in [7, 11) is 0. The molecule has 2 amide bonds. The van der Waals surface area contributed by atoms with Crippen molar-refractivity contribution in [3.63, 3.8) is 0 Å². The van der Waals surface area contributed by atoms with Gasteiger partial charge in [0, 0.05) is 32.1 Å². The summed E-state index contributed by atoms with van der Waals surface area (Å²) in [5, 5.41) is 0. The third-order valence-corrected chi connectivity index (χ3v) is 5.84. The summed E-state index contributed by atoms with van der Waals surface area (Å²) in [4.78, 5) is 28.9. The van der Waals surface area contributed by atoms with E-state index < -0.39 is 0 Å². The molecule has 0 spiro atoms. The Balaban J connectivity index is 1.48. The first kappa shape index (κ1) is 19.7. The number of likely N-dealkylation sites (tertiary alicyclic amines) is 2. The molecule has 0 radical (unpaired) electrons. The zero-order valence-corrected chi connectivity index (χ0v) is 16.9. The number of nitrogens with zero attached hydrogens (tertiary/aromatic N) is 2. The number of hydrogen-bond acceptors (Lipinski definition) is 3. The largest absolute Gasteiger partial charge is 0.483 e. The molecule has 0 unspecified atom stereocenters. The Labute approximate surface area is 162 Å². The Bertz CT molecular complexity index is 672. The quantitative estimate of drug-likeness (QED) is 0.796. The van der Waals surface area contributed by atoms with Gasteiger partial charge >= 0.3 is 0 Å². The van der Waals surface area contributed by atoms with Crippen molar-refractivity contribution in [3.05, 3.63) is 29.3 Å². The topological polar surface area (TPSA) is 49.9 Å². The Morgan fingerprint density at radius 2 is 1.74 bits per heavy atom. The summed E-state index contributed by atoms with van der Waals surface area (Å²) in [6.07, 6.45) is 3.78. The second-order valence-electron chi connectivity index (χ2n) is 8.16. The molecule has 5 heteroatoms. The molecule has 0 aromatic heterocycles. The lowest BCUT2D eigenvalue weighted by atomic mass is 9.95. The van der Waals surface area contributed by atoms with Gasteiger partial charge in [0.2, 0.25) is 5.91 Å². The van der Waals surface area contributed by atoms with E-state index in [1.54, 1.807) is 0 Å². The lowest BCUT2D eigenvalue weighted by Crippen LogP contribution is -2.45. The fourth-order valence-corrected chi connectivity index (χ4v) is 3.93. The van der Waals surface area contributed by atoms with Crippen molar-refractivity contribution >= 4 is 11.8 Å². The van der Waals surface area contributed by atoms with Crippen molar-refractivity contribution in [1.29, 1.82) is 0 Å². The molecule has 2 saturated heterocycles. The molecule has 27 heavy (non-hydrogen) atoms. The van der Waals surface area contributed by atoms with Gasteiger partial charge in [0.1, 0.15) is 5.75 Å². The van der Waals surface area contributed by atoms with Gasteiger partial charge in [-0.05, 0) is 55.7 Å². The molecule has 5 nitrogen and oxygen atoms in total. The highest BCUT2D eigenvalue weighted by Crippen LogP contribution is 2.25. The number of carbonyl (C=O) groups is 2. The van der Waals surface area contributed by atoms with Crippen molar-refractivity contribution in [3.8, 4) is 5.75 Å². The van der Waals surface area contributed by atoms with E-state index in [1.165, 1.54) is 5.56 Å². The van der Waals surface area contributed by atoms with Gasteiger partial charge < -0.3 is 14.5 Å². The molecule has 2 fully saturated rings. The van der Waals surface area contributed by atoms with Crippen LogP contribution in [0.2, 0.25) is 0 Å². The molecule has 0 atom stereocenters. The van der Waals surface area contributed by atoms with Gasteiger partial charge in [-0.15, -0.1) is 0 Å². The summed E-state index contributed by atoms with van der Waals surface area (Å²) in [6.45, 7) is 9.46. The summed E-state index contributed by atoms with van der Waals surface area (Å²) >= 11 is 0. The maximum atomic E-state index is 12.5. The summed E-state index contributed by atoms with van der Waals surface area (Å²) in [5.41, 5.74) is 2.26. The smallest absolute Gasteiger partial charge is 0.260 e. The van der Waals surface area contributed by atoms with E-state index in [9.17, 15) is 9.59 Å². The summed E-state index contributed by atoms with van der Waals surface area (Å²) < 4.78 is 5.83. The first-order valence-electron chi connectivity index (χ1n) is 10.3. The molecule has 0 saturated carbocycles. The van der Waals surface area contributed by atoms with Crippen molar-refractivity contribution in [2.24, 2.45) is 5.92 Å². The van der Waals surface area contributed by atoms with Gasteiger partial charge in [-0.3, -0.25) is 9.59 Å². The second-order valence-corrected chi connectivity index (χ2v) is 8.16. The van der Waals surface area contributed by atoms with Crippen LogP contribution in [-0.4, -0.2) is 54.4 Å². The van der Waals surface area contributed by atoms with Gasteiger partial charge in [0.15, 0.2) is 6.61 Å². The van der Waals surface area contributed by atoms with E-state index in [-0.39, 0.29) is 24.3 Å². The third kappa shape index (κ3) is 4.82. The molecule has 2 aliphatic rings. The van der Waals surface area contributed by atoms with Crippen molar-refractivity contribution in [1.82, 2.24) is 9.80 Å². The highest BCUT2D eigenvalue weighted by atomic mass is 16.5. The summed E-state index contributed by atoms with van der Waals surface area (Å²) in [5.74, 6) is 1.59. The van der Waals surface area contributed by atoms with Crippen LogP contribution < -0.4 is 4.74 Å². The predicted octanol–water partition coefficient (Wildman–Crippen LogP) is 3.36. The lowest BCUT2D eigenvalue weighted by Gasteiger charge is -2.33. The van der Waals surface area contributed by atoms with Crippen LogP contribution >= 0.6 is 0 Å². The van der Waals surface area contributed by atoms with Crippen LogP contribution in [0.25, 0.3) is 0 Å². The van der Waals surface area contributed by atoms with Crippen LogP contribution in [0.15, 0.2) is 18.2 Å². The van der Waals surface area contributed by atoms with E-state index in [0.29, 0.717) is 19.0 Å². The van der Waals surface area contributed by atoms with Gasteiger partial charge in [-0.25, -0.2) is 0 Å². The molecule has 0 bridgehead atoms. The normalized spacial score (nSPS) is 18.2. The minimum Gasteiger partial charge on any atom is -0.483 e. The fourth-order valence-electron chi connectivity index (χ4n) is 3.93. The predicted molar refractivity (Wildman–Crippen MR) is 106 cm³/mol. The van der Waals surface area contributed by atoms with Gasteiger partial charge in [0.25, 0.3) is 5.91 Å². The Morgan fingerprint density at radius 3 is 2.37 bits per heavy atom. The van der Waals surface area contributed by atoms with E-state index >= 15 is 0 Å². The number of aryl methyl sites for hydroxylation is 1. The van der Waals surface area contributed by atoms with Gasteiger partial charge in [-0.1, -0.05) is 26.0 Å². The monoisotopic (exact) mass is 372 g/mol. The van der Waals surface area contributed by atoms with Crippen LogP contribution in [0.3, 0.4) is 0 Å². The highest BCUT2D eigenvalue weighted by Gasteiger charge is 2.31. The van der Waals surface area contributed by atoms with Crippen molar-refractivity contribution < 1.29 is 14.3 Å². The number of benzene rings is 1. The molecule has 2 heterocycles. The maximum absolute atomic E-state index is 12.5. The first-order chi connectivity index (χ1) is 13.0. The minimum atomic E-state index is 0.0106. The zero-order valence-electron chi connectivity index (χ0n) is 16.9. The number of carbonyl (C=O) groups excluding carboxylic acids is 2. The number of piperidine rings is 1. The van der Waals surface area contributed by atoms with Crippen LogP contribution in [0.4, 0.5) is 0 Å². The maximum Gasteiger partial charge on any atom is 0.260 e. The number of ether oxygens (including phenoxy) is 1.